The summed E-state index contributed by atoms with van der Waals surface area (Å²) in [5, 5.41) is 12.5. The van der Waals surface area contributed by atoms with Gasteiger partial charge in [0.1, 0.15) is 12.3 Å². The largest absolute Gasteiger partial charge is 0.484 e. The van der Waals surface area contributed by atoms with Crippen molar-refractivity contribution < 1.29 is 23.6 Å². The zero-order valence-corrected chi connectivity index (χ0v) is 13.0. The first-order valence-corrected chi connectivity index (χ1v) is 7.28. The van der Waals surface area contributed by atoms with Gasteiger partial charge in [-0.15, -0.1) is 0 Å². The second kappa shape index (κ2) is 6.72. The molecule has 0 saturated carbocycles. The van der Waals surface area contributed by atoms with E-state index in [1.165, 1.54) is 12.1 Å². The third-order valence-corrected chi connectivity index (χ3v) is 3.52. The number of ether oxygens (including phenoxy) is 1. The number of hydrogen-bond acceptors (Lipinski definition) is 4. The summed E-state index contributed by atoms with van der Waals surface area (Å²) in [7, 11) is 0. The van der Waals surface area contributed by atoms with Gasteiger partial charge >= 0.3 is 5.97 Å². The zero-order chi connectivity index (χ0) is 17.1. The van der Waals surface area contributed by atoms with E-state index in [0.717, 1.165) is 11.6 Å². The summed E-state index contributed by atoms with van der Waals surface area (Å²) in [6, 6.07) is 13.1. The molecule has 122 valence electrons. The van der Waals surface area contributed by atoms with E-state index < -0.39 is 11.8 Å². The van der Waals surface area contributed by atoms with Crippen LogP contribution in [0.2, 0.25) is 5.02 Å². The average Bonchev–Trinajstić information content (AvgIpc) is 3.05. The summed E-state index contributed by atoms with van der Waals surface area (Å²) in [5.74, 6) is -2.35. The Balaban J connectivity index is 1.84. The molecule has 0 unspecified atom stereocenters. The van der Waals surface area contributed by atoms with Crippen LogP contribution in [0.5, 0.6) is 5.75 Å². The molecule has 1 aromatic heterocycles. The molecule has 0 saturated heterocycles. The molecule has 0 aliphatic heterocycles. The van der Waals surface area contributed by atoms with Crippen molar-refractivity contribution in [1.29, 1.82) is 0 Å². The predicted octanol–water partition coefficient (Wildman–Crippen LogP) is 4.41. The Labute approximate surface area is 141 Å². The maximum atomic E-state index is 14.3. The van der Waals surface area contributed by atoms with Crippen molar-refractivity contribution in [2.45, 2.75) is 6.61 Å². The lowest BCUT2D eigenvalue weighted by molar-refractivity contribution is 0.0652. The van der Waals surface area contributed by atoms with Crippen LogP contribution in [0.4, 0.5) is 4.39 Å². The monoisotopic (exact) mass is 347 g/mol. The van der Waals surface area contributed by atoms with Crippen LogP contribution in [-0.2, 0) is 6.61 Å². The molecule has 1 heterocycles. The highest BCUT2D eigenvalue weighted by Crippen LogP contribution is 2.33. The number of hydrogen-bond donors (Lipinski definition) is 1. The van der Waals surface area contributed by atoms with Crippen molar-refractivity contribution >= 4 is 17.6 Å². The molecule has 0 fully saturated rings. The topological polar surface area (TPSA) is 72.6 Å². The van der Waals surface area contributed by atoms with Gasteiger partial charge in [-0.1, -0.05) is 47.1 Å². The highest BCUT2D eigenvalue weighted by molar-refractivity contribution is 6.32. The number of aromatic nitrogens is 1. The van der Waals surface area contributed by atoms with Gasteiger partial charge in [0, 0.05) is 11.6 Å². The zero-order valence-electron chi connectivity index (χ0n) is 12.2. The molecule has 24 heavy (non-hydrogen) atoms. The molecule has 0 aliphatic carbocycles. The van der Waals surface area contributed by atoms with Gasteiger partial charge in [0.15, 0.2) is 11.6 Å². The lowest BCUT2D eigenvalue weighted by Gasteiger charge is -2.10. The number of aromatic carboxylic acids is 1. The molecule has 2 aromatic carbocycles. The average molecular weight is 348 g/mol. The van der Waals surface area contributed by atoms with Crippen LogP contribution >= 0.6 is 11.6 Å². The Morgan fingerprint density at radius 1 is 1.25 bits per heavy atom. The normalized spacial score (nSPS) is 10.6. The van der Waals surface area contributed by atoms with Gasteiger partial charge in [-0.3, -0.25) is 0 Å². The van der Waals surface area contributed by atoms with Crippen LogP contribution in [-0.4, -0.2) is 16.2 Å². The molecule has 0 aliphatic rings. The van der Waals surface area contributed by atoms with Crippen LogP contribution in [0.1, 0.15) is 16.1 Å². The quantitative estimate of drug-likeness (QED) is 0.740. The fourth-order valence-electron chi connectivity index (χ4n) is 2.09. The lowest BCUT2D eigenvalue weighted by Crippen LogP contribution is -1.98. The molecular formula is C17H11ClFNO4. The Bertz CT molecular complexity index is 856. The highest BCUT2D eigenvalue weighted by atomic mass is 35.5. The highest BCUT2D eigenvalue weighted by Gasteiger charge is 2.17. The first-order valence-electron chi connectivity index (χ1n) is 6.91. The first kappa shape index (κ1) is 16.0. The van der Waals surface area contributed by atoms with Gasteiger partial charge in [-0.2, -0.15) is 0 Å². The molecule has 0 spiro atoms. The summed E-state index contributed by atoms with van der Waals surface area (Å²) in [5.41, 5.74) is 1.34. The van der Waals surface area contributed by atoms with E-state index >= 15 is 0 Å². The Morgan fingerprint density at radius 2 is 2.00 bits per heavy atom. The maximum Gasteiger partial charge on any atom is 0.374 e. The number of carboxylic acids is 1. The fraction of sp³-hybridized carbons (Fsp3) is 0.0588. The Morgan fingerprint density at radius 3 is 2.62 bits per heavy atom. The van der Waals surface area contributed by atoms with Crippen molar-refractivity contribution in [3.63, 3.8) is 0 Å². The van der Waals surface area contributed by atoms with E-state index in [4.69, 9.17) is 21.4 Å². The van der Waals surface area contributed by atoms with Gasteiger partial charge in [0.05, 0.1) is 5.02 Å². The van der Waals surface area contributed by atoms with Crippen molar-refractivity contribution in [3.8, 4) is 17.0 Å². The first-order chi connectivity index (χ1) is 11.5. The molecule has 1 N–H and O–H groups in total. The minimum atomic E-state index is -1.26. The number of rotatable bonds is 5. The Hall–Kier alpha value is -2.86. The number of halogens is 2. The summed E-state index contributed by atoms with van der Waals surface area (Å²) < 4.78 is 24.4. The summed E-state index contributed by atoms with van der Waals surface area (Å²) >= 11 is 6.08. The van der Waals surface area contributed by atoms with Crippen LogP contribution in [0.15, 0.2) is 53.1 Å². The van der Waals surface area contributed by atoms with Crippen LogP contribution < -0.4 is 4.74 Å². The second-order valence-corrected chi connectivity index (χ2v) is 5.33. The molecule has 0 atom stereocenters. The predicted molar refractivity (Wildman–Crippen MR) is 84.6 cm³/mol. The van der Waals surface area contributed by atoms with Crippen LogP contribution in [0, 0.1) is 5.82 Å². The van der Waals surface area contributed by atoms with Gasteiger partial charge < -0.3 is 14.4 Å². The van der Waals surface area contributed by atoms with Gasteiger partial charge in [0.2, 0.25) is 5.76 Å². The van der Waals surface area contributed by atoms with Crippen LogP contribution in [0.3, 0.4) is 0 Å². The summed E-state index contributed by atoms with van der Waals surface area (Å²) in [6.45, 7) is 0.171. The van der Waals surface area contributed by atoms with E-state index in [2.05, 4.69) is 9.68 Å². The smallest absolute Gasteiger partial charge is 0.374 e. The number of carboxylic acid groups (broad SMARTS) is 1. The molecule has 0 amide bonds. The van der Waals surface area contributed by atoms with Crippen molar-refractivity contribution in [3.05, 3.63) is 70.7 Å². The molecule has 3 rings (SSSR count). The van der Waals surface area contributed by atoms with E-state index in [0.29, 0.717) is 5.56 Å². The molecule has 3 aromatic rings. The van der Waals surface area contributed by atoms with E-state index in [9.17, 15) is 9.18 Å². The number of nitrogens with zero attached hydrogens (tertiary/aromatic N) is 1. The minimum Gasteiger partial charge on any atom is -0.484 e. The van der Waals surface area contributed by atoms with E-state index in [-0.39, 0.29) is 28.8 Å². The molecule has 7 heteroatoms. The SMILES string of the molecule is O=C(O)c1cc(-c2cc(F)c(OCc3ccccc3)c(Cl)c2)no1. The van der Waals surface area contributed by atoms with Crippen molar-refractivity contribution in [2.75, 3.05) is 0 Å². The lowest BCUT2D eigenvalue weighted by atomic mass is 10.1. The minimum absolute atomic E-state index is 0.0563. The molecular weight excluding hydrogens is 337 g/mol. The fourth-order valence-corrected chi connectivity index (χ4v) is 2.35. The van der Waals surface area contributed by atoms with Gasteiger partial charge in [-0.05, 0) is 17.7 Å². The summed E-state index contributed by atoms with van der Waals surface area (Å²) in [6.07, 6.45) is 0. The van der Waals surface area contributed by atoms with Crippen LogP contribution in [0.25, 0.3) is 11.3 Å². The number of benzene rings is 2. The van der Waals surface area contributed by atoms with Crippen molar-refractivity contribution in [2.24, 2.45) is 0 Å². The Kier molecular flexibility index (Phi) is 4.48. The van der Waals surface area contributed by atoms with Crippen molar-refractivity contribution in [1.82, 2.24) is 5.16 Å². The third kappa shape index (κ3) is 3.38. The van der Waals surface area contributed by atoms with Gasteiger partial charge in [-0.25, -0.2) is 9.18 Å². The third-order valence-electron chi connectivity index (χ3n) is 3.24. The molecule has 0 radical (unpaired) electrons. The second-order valence-electron chi connectivity index (χ2n) is 4.92. The maximum absolute atomic E-state index is 14.3. The molecule has 5 nitrogen and oxygen atoms in total. The molecule has 0 bridgehead atoms. The van der Waals surface area contributed by atoms with E-state index in [1.54, 1.807) is 0 Å². The standard InChI is InChI=1S/C17H11ClFNO4/c18-12-6-11(14-8-15(17(21)22)24-20-14)7-13(19)16(12)23-9-10-4-2-1-3-5-10/h1-8H,9H2,(H,21,22). The number of carbonyl (C=O) groups is 1. The van der Waals surface area contributed by atoms with E-state index in [1.807, 2.05) is 30.3 Å². The van der Waals surface area contributed by atoms with Gasteiger partial charge in [0.25, 0.3) is 0 Å². The summed E-state index contributed by atoms with van der Waals surface area (Å²) in [4.78, 5) is 10.8.